The fourth-order valence-corrected chi connectivity index (χ4v) is 0.868. The van der Waals surface area contributed by atoms with Gasteiger partial charge in [-0.05, 0) is 12.1 Å². The molecule has 3 radical (unpaired) electrons. The van der Waals surface area contributed by atoms with Crippen molar-refractivity contribution in [2.75, 3.05) is 0 Å². The Morgan fingerprint density at radius 3 is 2.58 bits per heavy atom. The predicted molar refractivity (Wildman–Crippen MR) is 39.4 cm³/mol. The molecular formula is C7H6FO3Si. The van der Waals surface area contributed by atoms with E-state index in [0.717, 1.165) is 6.07 Å². The van der Waals surface area contributed by atoms with Crippen LogP contribution in [0, 0.1) is 5.82 Å². The van der Waals surface area contributed by atoms with E-state index in [0.29, 0.717) is 0 Å². The molecule has 0 aliphatic heterocycles. The first kappa shape index (κ1) is 9.34. The largest absolute Gasteiger partial charge is 0.367 e. The Morgan fingerprint density at radius 1 is 1.42 bits per heavy atom. The van der Waals surface area contributed by atoms with Gasteiger partial charge in [0.2, 0.25) is 0 Å². The second-order valence-corrected chi connectivity index (χ2v) is 2.42. The lowest BCUT2D eigenvalue weighted by atomic mass is 10.2. The Balaban J connectivity index is 3.03. The van der Waals surface area contributed by atoms with Crippen LogP contribution in [0.25, 0.3) is 0 Å². The summed E-state index contributed by atoms with van der Waals surface area (Å²) >= 11 is 0. The van der Waals surface area contributed by atoms with Gasteiger partial charge in [-0.3, -0.25) is 0 Å². The van der Waals surface area contributed by atoms with Gasteiger partial charge in [-0.1, -0.05) is 12.1 Å². The number of halogens is 1. The summed E-state index contributed by atoms with van der Waals surface area (Å²) in [6.45, 7) is 0. The maximum absolute atomic E-state index is 12.5. The van der Waals surface area contributed by atoms with E-state index in [-0.39, 0.29) is 5.56 Å². The molecule has 0 bridgehead atoms. The first-order valence-corrected chi connectivity index (χ1v) is 3.52. The quantitative estimate of drug-likeness (QED) is 0.504. The smallest absolute Gasteiger partial charge is 0.297 e. The molecule has 0 saturated carbocycles. The van der Waals surface area contributed by atoms with Gasteiger partial charge in [0.05, 0.1) is 0 Å². The lowest BCUT2D eigenvalue weighted by Gasteiger charge is -2.19. The maximum Gasteiger partial charge on any atom is 0.297 e. The molecular weight excluding hydrogens is 179 g/mol. The standard InChI is InChI=1S/C7H6FO3Si/c8-6-3-1-2-5(4-6)7(9,10)11-12/h1-4,9-10H. The molecule has 5 heteroatoms. The molecule has 0 saturated heterocycles. The molecule has 1 rings (SSSR count). The Hall–Kier alpha value is -0.753. The van der Waals surface area contributed by atoms with Gasteiger partial charge >= 0.3 is 0 Å². The van der Waals surface area contributed by atoms with E-state index in [1.54, 1.807) is 0 Å². The van der Waals surface area contributed by atoms with E-state index in [4.69, 9.17) is 10.2 Å². The topological polar surface area (TPSA) is 49.7 Å². The highest BCUT2D eigenvalue weighted by molar-refractivity contribution is 5.98. The number of hydrogen-bond acceptors (Lipinski definition) is 3. The van der Waals surface area contributed by atoms with Crippen LogP contribution in [-0.4, -0.2) is 20.7 Å². The van der Waals surface area contributed by atoms with Gasteiger partial charge < -0.3 is 14.6 Å². The summed E-state index contributed by atoms with van der Waals surface area (Å²) in [6.07, 6.45) is 0. The van der Waals surface area contributed by atoms with Crippen LogP contribution >= 0.6 is 0 Å². The summed E-state index contributed by atoms with van der Waals surface area (Å²) in [5, 5.41) is 18.1. The molecule has 0 fully saturated rings. The van der Waals surface area contributed by atoms with Gasteiger partial charge in [0.15, 0.2) is 0 Å². The van der Waals surface area contributed by atoms with Crippen molar-refractivity contribution in [2.24, 2.45) is 0 Å². The van der Waals surface area contributed by atoms with Crippen LogP contribution in [0.5, 0.6) is 0 Å². The molecule has 1 aromatic carbocycles. The van der Waals surface area contributed by atoms with Crippen molar-refractivity contribution < 1.29 is 19.0 Å². The van der Waals surface area contributed by atoms with Crippen molar-refractivity contribution in [1.82, 2.24) is 0 Å². The van der Waals surface area contributed by atoms with Crippen molar-refractivity contribution in [1.29, 1.82) is 0 Å². The van der Waals surface area contributed by atoms with E-state index < -0.39 is 11.8 Å². The minimum absolute atomic E-state index is 0.0856. The molecule has 0 atom stereocenters. The molecule has 3 nitrogen and oxygen atoms in total. The molecule has 0 amide bonds. The molecule has 0 aliphatic rings. The third kappa shape index (κ3) is 1.89. The Labute approximate surface area is 72.0 Å². The molecule has 12 heavy (non-hydrogen) atoms. The van der Waals surface area contributed by atoms with Crippen molar-refractivity contribution in [3.8, 4) is 0 Å². The van der Waals surface area contributed by atoms with Crippen LogP contribution in [-0.2, 0) is 10.4 Å². The SMILES string of the molecule is OC(O)(O[Si])c1cccc(F)c1. The van der Waals surface area contributed by atoms with Crippen LogP contribution in [0.1, 0.15) is 5.56 Å². The molecule has 1 aromatic rings. The normalized spacial score (nSPS) is 11.7. The lowest BCUT2D eigenvalue weighted by Crippen LogP contribution is -2.27. The minimum Gasteiger partial charge on any atom is -0.367 e. The summed E-state index contributed by atoms with van der Waals surface area (Å²) in [4.78, 5) is 0. The summed E-state index contributed by atoms with van der Waals surface area (Å²) in [7, 11) is 2.46. The van der Waals surface area contributed by atoms with Crippen LogP contribution in [0.2, 0.25) is 0 Å². The average molecular weight is 185 g/mol. The molecule has 0 spiro atoms. The van der Waals surface area contributed by atoms with Crippen LogP contribution in [0.4, 0.5) is 4.39 Å². The van der Waals surface area contributed by atoms with Crippen molar-refractivity contribution in [3.63, 3.8) is 0 Å². The zero-order valence-corrected chi connectivity index (χ0v) is 6.99. The highest BCUT2D eigenvalue weighted by Crippen LogP contribution is 2.18. The molecule has 63 valence electrons. The van der Waals surface area contributed by atoms with E-state index in [1.807, 2.05) is 0 Å². The Kier molecular flexibility index (Phi) is 2.58. The molecule has 0 unspecified atom stereocenters. The van der Waals surface area contributed by atoms with Gasteiger partial charge in [0, 0.05) is 5.56 Å². The average Bonchev–Trinajstić information content (AvgIpc) is 2.05. The van der Waals surface area contributed by atoms with Crippen molar-refractivity contribution >= 4 is 10.5 Å². The fraction of sp³-hybridized carbons (Fsp3) is 0.143. The number of rotatable bonds is 2. The number of benzene rings is 1. The Morgan fingerprint density at radius 2 is 2.08 bits per heavy atom. The number of aliphatic hydroxyl groups is 2. The van der Waals surface area contributed by atoms with Crippen LogP contribution in [0.15, 0.2) is 24.3 Å². The summed E-state index contributed by atoms with van der Waals surface area (Å²) in [6, 6.07) is 4.81. The first-order chi connectivity index (χ1) is 5.56. The lowest BCUT2D eigenvalue weighted by molar-refractivity contribution is -0.303. The van der Waals surface area contributed by atoms with Gasteiger partial charge in [-0.2, -0.15) is 0 Å². The third-order valence-corrected chi connectivity index (χ3v) is 1.63. The van der Waals surface area contributed by atoms with Gasteiger partial charge in [-0.15, -0.1) is 0 Å². The van der Waals surface area contributed by atoms with Crippen LogP contribution in [0.3, 0.4) is 0 Å². The minimum atomic E-state index is -2.50. The predicted octanol–water partition coefficient (Wildman–Crippen LogP) is 0.0207. The molecule has 0 aromatic heterocycles. The molecule has 0 aliphatic carbocycles. The van der Waals surface area contributed by atoms with Gasteiger partial charge in [-0.25, -0.2) is 4.39 Å². The van der Waals surface area contributed by atoms with Crippen molar-refractivity contribution in [2.45, 2.75) is 5.97 Å². The zero-order chi connectivity index (χ0) is 9.19. The van der Waals surface area contributed by atoms with Gasteiger partial charge in [0.1, 0.15) is 5.82 Å². The van der Waals surface area contributed by atoms with E-state index in [9.17, 15) is 4.39 Å². The fourth-order valence-electron chi connectivity index (χ4n) is 0.750. The first-order valence-electron chi connectivity index (χ1n) is 3.12. The van der Waals surface area contributed by atoms with E-state index in [2.05, 4.69) is 14.9 Å². The second kappa shape index (κ2) is 3.32. The van der Waals surface area contributed by atoms with Crippen LogP contribution < -0.4 is 0 Å². The highest BCUT2D eigenvalue weighted by atomic mass is 28.2. The summed E-state index contributed by atoms with van der Waals surface area (Å²) in [5.74, 6) is -3.07. The van der Waals surface area contributed by atoms with E-state index in [1.165, 1.54) is 18.2 Å². The highest BCUT2D eigenvalue weighted by Gasteiger charge is 2.24. The Bertz CT molecular complexity index is 277. The summed E-state index contributed by atoms with van der Waals surface area (Å²) < 4.78 is 16.7. The molecule has 0 heterocycles. The zero-order valence-electron chi connectivity index (χ0n) is 5.99. The van der Waals surface area contributed by atoms with E-state index >= 15 is 0 Å². The molecule has 2 N–H and O–H groups in total. The van der Waals surface area contributed by atoms with Gasteiger partial charge in [0.25, 0.3) is 16.5 Å². The second-order valence-electron chi connectivity index (χ2n) is 2.22. The number of hydrogen-bond donors (Lipinski definition) is 2. The van der Waals surface area contributed by atoms with Crippen molar-refractivity contribution in [3.05, 3.63) is 35.6 Å². The maximum atomic E-state index is 12.5. The summed E-state index contributed by atoms with van der Waals surface area (Å²) in [5.41, 5.74) is -0.0856. The third-order valence-electron chi connectivity index (χ3n) is 1.34. The monoisotopic (exact) mass is 185 g/mol.